The van der Waals surface area contributed by atoms with E-state index < -0.39 is 0 Å². The highest BCUT2D eigenvalue weighted by Gasteiger charge is 2.42. The molecule has 4 aromatic heterocycles. The number of carbonyl (C=O) groups excluding carboxylic acids is 1. The number of anilines is 2. The van der Waals surface area contributed by atoms with Gasteiger partial charge in [-0.2, -0.15) is 4.98 Å². The zero-order chi connectivity index (χ0) is 26.2. The smallest absolute Gasteiger partial charge is 0.267 e. The first kappa shape index (κ1) is 24.6. The molecule has 196 valence electrons. The predicted molar refractivity (Wildman–Crippen MR) is 144 cm³/mol. The van der Waals surface area contributed by atoms with E-state index in [4.69, 9.17) is 9.36 Å². The van der Waals surface area contributed by atoms with Gasteiger partial charge in [0.25, 0.3) is 11.8 Å². The van der Waals surface area contributed by atoms with E-state index in [-0.39, 0.29) is 24.6 Å². The number of nitrogens with one attached hydrogen (secondary N) is 1. The number of fused-ring (bicyclic) bond motifs is 2. The largest absolute Gasteiger partial charge is 0.386 e. The molecule has 11 nitrogen and oxygen atoms in total. The first-order chi connectivity index (χ1) is 18.4. The highest BCUT2D eigenvalue weighted by molar-refractivity contribution is 7.16. The summed E-state index contributed by atoms with van der Waals surface area (Å²) in [5.41, 5.74) is 3.43. The van der Waals surface area contributed by atoms with Gasteiger partial charge in [-0.1, -0.05) is 10.3 Å². The minimum atomic E-state index is 0.00503. The van der Waals surface area contributed by atoms with E-state index in [1.807, 2.05) is 36.3 Å². The van der Waals surface area contributed by atoms with Gasteiger partial charge in [-0.25, -0.2) is 15.0 Å². The van der Waals surface area contributed by atoms with Crippen LogP contribution in [0.2, 0.25) is 0 Å². The third-order valence-electron chi connectivity index (χ3n) is 6.63. The van der Waals surface area contributed by atoms with Gasteiger partial charge in [0.15, 0.2) is 17.6 Å². The maximum Gasteiger partial charge on any atom is 0.267 e. The molecule has 0 radical (unpaired) electrons. The normalized spacial score (nSPS) is 19.8. The van der Waals surface area contributed by atoms with Crippen LogP contribution in [0.3, 0.4) is 0 Å². The molecule has 1 amide bonds. The van der Waals surface area contributed by atoms with Crippen LogP contribution in [0.5, 0.6) is 0 Å². The zero-order valence-electron chi connectivity index (χ0n) is 21.2. The Kier molecular flexibility index (Phi) is 6.62. The standard InChI is InChI=1S/C25H26N8O3S2/c1-13-23(38-15(3)27-13)20-12-37-25(29-20)30-21-7-4-16(10-26-21)24(34)33-18-5-6-19(33)9-17(8-18)32-35-11-22-28-14(2)31-36-22/h4,7,10,12,18-19H,5-6,8-9,11H2,1-3H3,(H,26,29,30)/t18-,19+. The molecule has 6 heterocycles. The van der Waals surface area contributed by atoms with Crippen molar-refractivity contribution in [3.8, 4) is 10.6 Å². The number of thiazole rings is 2. The molecule has 0 spiro atoms. The van der Waals surface area contributed by atoms with Crippen molar-refractivity contribution in [2.24, 2.45) is 5.16 Å². The lowest BCUT2D eigenvalue weighted by atomic mass is 9.99. The highest BCUT2D eigenvalue weighted by atomic mass is 32.1. The van der Waals surface area contributed by atoms with Crippen LogP contribution in [0.4, 0.5) is 10.9 Å². The van der Waals surface area contributed by atoms with Crippen molar-refractivity contribution in [1.82, 2.24) is 30.0 Å². The number of nitrogens with zero attached hydrogens (tertiary/aromatic N) is 7. The topological polar surface area (TPSA) is 132 Å². The number of hydrogen-bond acceptors (Lipinski definition) is 12. The van der Waals surface area contributed by atoms with Gasteiger partial charge in [0, 0.05) is 36.5 Å². The second-order valence-electron chi connectivity index (χ2n) is 9.41. The van der Waals surface area contributed by atoms with Gasteiger partial charge in [-0.3, -0.25) is 4.79 Å². The summed E-state index contributed by atoms with van der Waals surface area (Å²) in [4.78, 5) is 39.7. The average Bonchev–Trinajstić information content (AvgIpc) is 3.66. The van der Waals surface area contributed by atoms with Gasteiger partial charge in [-0.05, 0) is 45.7 Å². The lowest BCUT2D eigenvalue weighted by Crippen LogP contribution is -2.46. The fourth-order valence-electron chi connectivity index (χ4n) is 5.03. The van der Waals surface area contributed by atoms with Crippen molar-refractivity contribution in [1.29, 1.82) is 0 Å². The Morgan fingerprint density at radius 2 is 2.00 bits per heavy atom. The minimum Gasteiger partial charge on any atom is -0.386 e. The van der Waals surface area contributed by atoms with Gasteiger partial charge in [0.2, 0.25) is 0 Å². The number of aromatic nitrogens is 5. The monoisotopic (exact) mass is 550 g/mol. The summed E-state index contributed by atoms with van der Waals surface area (Å²) in [7, 11) is 0. The number of oxime groups is 1. The molecule has 0 saturated carbocycles. The third kappa shape index (κ3) is 5.03. The SMILES string of the molecule is Cc1noc(CON=C2C[C@H]3CC[C@@H](C2)N3C(=O)c2ccc(Nc3nc(-c4sc(C)nc4C)cs3)nc2)n1. The van der Waals surface area contributed by atoms with Gasteiger partial charge < -0.3 is 19.6 Å². The molecule has 2 atom stereocenters. The van der Waals surface area contributed by atoms with Crippen LogP contribution in [0.1, 0.15) is 58.5 Å². The molecular weight excluding hydrogens is 524 g/mol. The molecule has 38 heavy (non-hydrogen) atoms. The second-order valence-corrected chi connectivity index (χ2v) is 11.5. The van der Waals surface area contributed by atoms with Crippen LogP contribution < -0.4 is 5.32 Å². The maximum atomic E-state index is 13.4. The molecular formula is C25H26N8O3S2. The number of rotatable bonds is 7. The summed E-state index contributed by atoms with van der Waals surface area (Å²) >= 11 is 3.15. The van der Waals surface area contributed by atoms with Crippen LogP contribution in [0.15, 0.2) is 33.4 Å². The molecule has 2 aliphatic heterocycles. The minimum absolute atomic E-state index is 0.00503. The molecule has 0 aliphatic carbocycles. The maximum absolute atomic E-state index is 13.4. The van der Waals surface area contributed by atoms with Crippen molar-refractivity contribution >= 4 is 45.2 Å². The summed E-state index contributed by atoms with van der Waals surface area (Å²) < 4.78 is 5.05. The molecule has 4 aromatic rings. The Morgan fingerprint density at radius 3 is 2.66 bits per heavy atom. The number of carbonyl (C=O) groups is 1. The van der Waals surface area contributed by atoms with Crippen LogP contribution >= 0.6 is 22.7 Å². The Bertz CT molecular complexity index is 1480. The van der Waals surface area contributed by atoms with E-state index in [9.17, 15) is 4.79 Å². The van der Waals surface area contributed by atoms with E-state index in [1.54, 1.807) is 24.5 Å². The van der Waals surface area contributed by atoms with E-state index in [0.717, 1.165) is 45.0 Å². The molecule has 2 aliphatic rings. The molecule has 0 unspecified atom stereocenters. The summed E-state index contributed by atoms with van der Waals surface area (Å²) in [5, 5.41) is 15.1. The van der Waals surface area contributed by atoms with Gasteiger partial charge in [0.05, 0.1) is 32.5 Å². The summed E-state index contributed by atoms with van der Waals surface area (Å²) in [6, 6.07) is 3.86. The molecule has 2 saturated heterocycles. The van der Waals surface area contributed by atoms with Crippen molar-refractivity contribution in [2.45, 2.75) is 65.1 Å². The Morgan fingerprint density at radius 1 is 1.18 bits per heavy atom. The quantitative estimate of drug-likeness (QED) is 0.314. The second kappa shape index (κ2) is 10.2. The first-order valence-electron chi connectivity index (χ1n) is 12.4. The number of pyridine rings is 1. The van der Waals surface area contributed by atoms with Gasteiger partial charge in [-0.15, -0.1) is 22.7 Å². The van der Waals surface area contributed by atoms with Crippen LogP contribution in [-0.2, 0) is 11.4 Å². The van der Waals surface area contributed by atoms with E-state index in [2.05, 4.69) is 35.6 Å². The predicted octanol–water partition coefficient (Wildman–Crippen LogP) is 5.05. The number of piperidine rings is 1. The molecule has 13 heteroatoms. The Hall–Kier alpha value is -3.71. The Balaban J connectivity index is 1.07. The van der Waals surface area contributed by atoms with E-state index in [1.165, 1.54) is 11.3 Å². The van der Waals surface area contributed by atoms with Crippen molar-refractivity contribution in [3.05, 3.63) is 51.7 Å². The Labute approximate surface area is 227 Å². The molecule has 0 aromatic carbocycles. The zero-order valence-corrected chi connectivity index (χ0v) is 22.8. The summed E-state index contributed by atoms with van der Waals surface area (Å²) in [5.74, 6) is 1.61. The number of hydrogen-bond donors (Lipinski definition) is 1. The van der Waals surface area contributed by atoms with Crippen molar-refractivity contribution in [2.75, 3.05) is 5.32 Å². The summed E-state index contributed by atoms with van der Waals surface area (Å²) in [6.07, 6.45) is 4.94. The number of aryl methyl sites for hydroxylation is 3. The van der Waals surface area contributed by atoms with Gasteiger partial charge in [0.1, 0.15) is 5.82 Å². The molecule has 2 fully saturated rings. The lowest BCUT2D eigenvalue weighted by Gasteiger charge is -2.35. The van der Waals surface area contributed by atoms with Crippen molar-refractivity contribution < 1.29 is 14.2 Å². The average molecular weight is 551 g/mol. The molecule has 2 bridgehead atoms. The molecule has 6 rings (SSSR count). The molecule has 1 N–H and O–H groups in total. The van der Waals surface area contributed by atoms with E-state index in [0.29, 0.717) is 35.9 Å². The highest BCUT2D eigenvalue weighted by Crippen LogP contribution is 2.36. The lowest BCUT2D eigenvalue weighted by molar-refractivity contribution is 0.0644. The summed E-state index contributed by atoms with van der Waals surface area (Å²) in [6.45, 7) is 5.89. The fourth-order valence-corrected chi connectivity index (χ4v) is 6.69. The van der Waals surface area contributed by atoms with E-state index >= 15 is 0 Å². The number of amides is 1. The van der Waals surface area contributed by atoms with Crippen LogP contribution in [-0.4, -0.2) is 53.7 Å². The first-order valence-corrected chi connectivity index (χ1v) is 14.0. The van der Waals surface area contributed by atoms with Crippen LogP contribution in [0.25, 0.3) is 10.6 Å². The van der Waals surface area contributed by atoms with Crippen molar-refractivity contribution in [3.63, 3.8) is 0 Å². The fraction of sp³-hybridized carbons (Fsp3) is 0.400. The van der Waals surface area contributed by atoms with Crippen LogP contribution in [0, 0.1) is 20.8 Å². The van der Waals surface area contributed by atoms with Gasteiger partial charge >= 0.3 is 0 Å². The third-order valence-corrected chi connectivity index (χ3v) is 8.49.